The summed E-state index contributed by atoms with van der Waals surface area (Å²) in [7, 11) is 3.20. The van der Waals surface area contributed by atoms with E-state index in [1.165, 1.54) is 4.90 Å². The Hall–Kier alpha value is -4.97. The number of hydrogen-bond acceptors (Lipinski definition) is 8. The number of nitrogens with one attached hydrogen (secondary N) is 1. The van der Waals surface area contributed by atoms with Gasteiger partial charge in [-0.2, -0.15) is 0 Å². The molecule has 2 atom stereocenters. The number of aromatic nitrogens is 1. The van der Waals surface area contributed by atoms with Gasteiger partial charge in [0.25, 0.3) is 12.4 Å². The molecule has 0 radical (unpaired) electrons. The molecule has 3 aromatic rings. The molecule has 1 fully saturated rings. The third-order valence-electron chi connectivity index (χ3n) is 7.35. The largest absolute Gasteiger partial charge is 0.493 e. The second-order valence-corrected chi connectivity index (χ2v) is 10.4. The number of likely N-dealkylation sites (tertiary alicyclic amines) is 1. The maximum atomic E-state index is 13.2. The van der Waals surface area contributed by atoms with Gasteiger partial charge in [0.1, 0.15) is 5.75 Å². The third kappa shape index (κ3) is 8.54. The summed E-state index contributed by atoms with van der Waals surface area (Å²) in [5.74, 6) is 1.19. The van der Waals surface area contributed by atoms with Crippen LogP contribution in [0.2, 0.25) is 0 Å². The summed E-state index contributed by atoms with van der Waals surface area (Å²) >= 11 is 0. The zero-order chi connectivity index (χ0) is 31.5. The fraction of sp³-hybridized carbons (Fsp3) is 0.344. The van der Waals surface area contributed by atoms with Gasteiger partial charge in [0.15, 0.2) is 11.5 Å². The number of benzene rings is 2. The van der Waals surface area contributed by atoms with Crippen molar-refractivity contribution < 1.29 is 38.5 Å². The van der Waals surface area contributed by atoms with Crippen molar-refractivity contribution in [1.29, 1.82) is 0 Å². The van der Waals surface area contributed by atoms with Gasteiger partial charge in [-0.15, -0.1) is 0 Å². The van der Waals surface area contributed by atoms with Crippen LogP contribution < -0.4 is 14.8 Å². The first-order chi connectivity index (χ1) is 21.3. The molecule has 44 heavy (non-hydrogen) atoms. The number of aryl methyl sites for hydroxylation is 1. The topological polar surface area (TPSA) is 148 Å². The molecule has 12 nitrogen and oxygen atoms in total. The second-order valence-electron chi connectivity index (χ2n) is 10.4. The number of piperidine rings is 1. The summed E-state index contributed by atoms with van der Waals surface area (Å²) in [6.45, 7) is 0.679. The van der Waals surface area contributed by atoms with Gasteiger partial charge in [0.05, 0.1) is 38.0 Å². The normalized spacial score (nSPS) is 19.0. The molecule has 1 saturated heterocycles. The molecule has 3 aliphatic heterocycles. The molecule has 0 saturated carbocycles. The summed E-state index contributed by atoms with van der Waals surface area (Å²) in [4.78, 5) is 54.6. The van der Waals surface area contributed by atoms with E-state index in [-0.39, 0.29) is 49.8 Å². The summed E-state index contributed by atoms with van der Waals surface area (Å²) in [5, 5.41) is 9.94. The van der Waals surface area contributed by atoms with E-state index in [0.717, 1.165) is 11.1 Å². The summed E-state index contributed by atoms with van der Waals surface area (Å²) in [5.41, 5.74) is 2.30. The summed E-state index contributed by atoms with van der Waals surface area (Å²) in [6, 6.07) is 16.3. The predicted octanol–water partition coefficient (Wildman–Crippen LogP) is 2.90. The molecular formula is C32H36N4O8. The molecule has 3 amide bonds. The lowest BCUT2D eigenvalue weighted by Gasteiger charge is -2.39. The number of carbonyl (C=O) groups is 4. The van der Waals surface area contributed by atoms with Crippen molar-refractivity contribution in [2.24, 2.45) is 0 Å². The number of fused-ring (bicyclic) bond motifs is 9. The molecule has 6 rings (SSSR count). The molecule has 1 aromatic heterocycles. The number of hydrogen-bond donors (Lipinski definition) is 2. The molecule has 3 aliphatic rings. The van der Waals surface area contributed by atoms with Crippen LogP contribution in [-0.4, -0.2) is 90.0 Å². The van der Waals surface area contributed by atoms with Gasteiger partial charge < -0.3 is 34.4 Å². The number of methoxy groups -OCH3 is 1. The fourth-order valence-corrected chi connectivity index (χ4v) is 5.09. The van der Waals surface area contributed by atoms with Crippen LogP contribution in [0.4, 0.5) is 0 Å². The van der Waals surface area contributed by atoms with Crippen molar-refractivity contribution >= 4 is 24.2 Å². The van der Waals surface area contributed by atoms with E-state index in [1.807, 2.05) is 42.5 Å². The molecule has 4 heterocycles. The highest BCUT2D eigenvalue weighted by molar-refractivity contribution is 5.94. The van der Waals surface area contributed by atoms with Gasteiger partial charge in [-0.05, 0) is 60.4 Å². The zero-order valence-electron chi connectivity index (χ0n) is 24.7. The van der Waals surface area contributed by atoms with E-state index in [2.05, 4.69) is 10.3 Å². The molecule has 0 unspecified atom stereocenters. The molecule has 4 bridgehead atoms. The van der Waals surface area contributed by atoms with E-state index in [0.29, 0.717) is 48.7 Å². The van der Waals surface area contributed by atoms with Crippen molar-refractivity contribution in [3.8, 4) is 17.2 Å². The first kappa shape index (κ1) is 32.0. The van der Waals surface area contributed by atoms with Gasteiger partial charge in [0.2, 0.25) is 11.8 Å². The van der Waals surface area contributed by atoms with Crippen molar-refractivity contribution in [2.45, 2.75) is 38.0 Å². The van der Waals surface area contributed by atoms with E-state index >= 15 is 0 Å². The van der Waals surface area contributed by atoms with Crippen LogP contribution in [0.3, 0.4) is 0 Å². The molecule has 12 heteroatoms. The highest BCUT2D eigenvalue weighted by Gasteiger charge is 2.34. The molecular weight excluding hydrogens is 568 g/mol. The quantitative estimate of drug-likeness (QED) is 0.422. The van der Waals surface area contributed by atoms with Crippen LogP contribution in [0.1, 0.15) is 34.3 Å². The first-order valence-corrected chi connectivity index (χ1v) is 14.2. The van der Waals surface area contributed by atoms with E-state index in [9.17, 15) is 14.4 Å². The monoisotopic (exact) mass is 604 g/mol. The Morgan fingerprint density at radius 3 is 2.68 bits per heavy atom. The lowest BCUT2D eigenvalue weighted by atomic mass is 10.0. The minimum atomic E-state index is -0.465. The number of carboxylic acid groups (broad SMARTS) is 1. The van der Waals surface area contributed by atoms with Crippen molar-refractivity contribution in [2.75, 3.05) is 33.8 Å². The van der Waals surface area contributed by atoms with Crippen LogP contribution in [-0.2, 0) is 32.1 Å². The SMILES string of the molecule is COc1cc2ccc1Oc1cccc(c1)CO[C@H]1CN(C(=O)c3cccnc3)CC[C@@H]1NC(=O)CN(C)C(=O)CC2.O=CO. The Bertz CT molecular complexity index is 1450. The standard InChI is InChI=1S/C31H34N4O6.CH2O2/c1-34-19-29(36)33-25-12-14-35(31(38)23-6-4-13-32-17-23)18-28(25)40-20-22-5-3-7-24(15-22)41-26-10-8-21(9-11-30(34)37)16-27(26)39-2;2-1-3/h3-8,10,13,15-17,25,28H,9,11-12,14,18-20H2,1-2H3,(H,33,36);1H,(H,2,3)/t25-,28-;/m0./s1. The smallest absolute Gasteiger partial charge is 0.290 e. The number of pyridine rings is 1. The number of amides is 3. The lowest BCUT2D eigenvalue weighted by Crippen LogP contribution is -2.57. The Kier molecular flexibility index (Phi) is 11.2. The Labute approximate surface area is 255 Å². The Morgan fingerprint density at radius 2 is 1.93 bits per heavy atom. The summed E-state index contributed by atoms with van der Waals surface area (Å²) in [6.07, 6.45) is 3.96. The minimum Gasteiger partial charge on any atom is -0.493 e. The lowest BCUT2D eigenvalue weighted by molar-refractivity contribution is -0.135. The molecule has 2 N–H and O–H groups in total. The number of nitrogens with zero attached hydrogens (tertiary/aromatic N) is 3. The van der Waals surface area contributed by atoms with Gasteiger partial charge in [-0.25, -0.2) is 0 Å². The van der Waals surface area contributed by atoms with Gasteiger partial charge in [-0.3, -0.25) is 24.2 Å². The van der Waals surface area contributed by atoms with Crippen LogP contribution in [0.15, 0.2) is 67.0 Å². The first-order valence-electron chi connectivity index (χ1n) is 14.2. The molecule has 2 aromatic carbocycles. The van der Waals surface area contributed by atoms with Crippen LogP contribution >= 0.6 is 0 Å². The number of carbonyl (C=O) groups excluding carboxylic acids is 3. The van der Waals surface area contributed by atoms with Crippen molar-refractivity contribution in [3.05, 3.63) is 83.7 Å². The van der Waals surface area contributed by atoms with Crippen LogP contribution in [0.5, 0.6) is 17.2 Å². The number of ether oxygens (including phenoxy) is 3. The van der Waals surface area contributed by atoms with E-state index in [4.69, 9.17) is 24.1 Å². The van der Waals surface area contributed by atoms with Crippen LogP contribution in [0.25, 0.3) is 0 Å². The number of likely N-dealkylation sites (N-methyl/N-ethyl adjacent to an activating group) is 1. The average Bonchev–Trinajstić information content (AvgIpc) is 3.03. The average molecular weight is 605 g/mol. The number of rotatable bonds is 2. The summed E-state index contributed by atoms with van der Waals surface area (Å²) < 4.78 is 18.0. The third-order valence-corrected chi connectivity index (χ3v) is 7.35. The highest BCUT2D eigenvalue weighted by Crippen LogP contribution is 2.33. The molecule has 232 valence electrons. The Morgan fingerprint density at radius 1 is 1.11 bits per heavy atom. The minimum absolute atomic E-state index is 0.0709. The maximum Gasteiger partial charge on any atom is 0.290 e. The van der Waals surface area contributed by atoms with Crippen molar-refractivity contribution in [1.82, 2.24) is 20.1 Å². The maximum absolute atomic E-state index is 13.2. The predicted molar refractivity (Wildman–Crippen MR) is 159 cm³/mol. The molecule has 0 aliphatic carbocycles. The molecule has 0 spiro atoms. The van der Waals surface area contributed by atoms with Gasteiger partial charge >= 0.3 is 0 Å². The highest BCUT2D eigenvalue weighted by atomic mass is 16.5. The van der Waals surface area contributed by atoms with Crippen LogP contribution in [0, 0.1) is 0 Å². The fourth-order valence-electron chi connectivity index (χ4n) is 5.09. The van der Waals surface area contributed by atoms with Gasteiger partial charge in [0, 0.05) is 39.0 Å². The Balaban J connectivity index is 0.00000141. The second kappa shape index (κ2) is 15.5. The zero-order valence-corrected chi connectivity index (χ0v) is 24.7. The van der Waals surface area contributed by atoms with Gasteiger partial charge in [-0.1, -0.05) is 18.2 Å². The van der Waals surface area contributed by atoms with E-state index < -0.39 is 6.10 Å². The van der Waals surface area contributed by atoms with Crippen molar-refractivity contribution in [3.63, 3.8) is 0 Å². The van der Waals surface area contributed by atoms with E-state index in [1.54, 1.807) is 43.6 Å².